The molecule has 0 saturated carbocycles. The molecule has 100 valence electrons. The molecule has 0 unspecified atom stereocenters. The molecule has 0 saturated heterocycles. The predicted molar refractivity (Wildman–Crippen MR) is 66.2 cm³/mol. The molecule has 6 nitrogen and oxygen atoms in total. The van der Waals surface area contributed by atoms with Gasteiger partial charge in [0.2, 0.25) is 0 Å². The molecule has 7 heteroatoms. The van der Waals surface area contributed by atoms with Crippen molar-refractivity contribution in [2.75, 3.05) is 12.4 Å². The fourth-order valence-electron chi connectivity index (χ4n) is 1.57. The highest BCUT2D eigenvalue weighted by Gasteiger charge is 2.13. The highest BCUT2D eigenvalue weighted by atomic mass is 19.1. The van der Waals surface area contributed by atoms with Crippen LogP contribution in [0.1, 0.15) is 21.8 Å². The summed E-state index contributed by atoms with van der Waals surface area (Å²) in [6, 6.07) is 2.84. The molecule has 0 spiro atoms. The van der Waals surface area contributed by atoms with E-state index in [2.05, 4.69) is 20.8 Å². The van der Waals surface area contributed by atoms with Gasteiger partial charge in [-0.15, -0.1) is 0 Å². The maximum atomic E-state index is 13.1. The number of nitrogens with zero attached hydrogens (tertiary/aromatic N) is 2. The van der Waals surface area contributed by atoms with Crippen molar-refractivity contribution in [1.29, 1.82) is 0 Å². The Morgan fingerprint density at radius 2 is 2.26 bits per heavy atom. The minimum absolute atomic E-state index is 0.138. The Bertz CT molecular complexity index is 597. The van der Waals surface area contributed by atoms with E-state index >= 15 is 0 Å². The van der Waals surface area contributed by atoms with E-state index in [1.807, 2.05) is 0 Å². The minimum atomic E-state index is -0.570. The fraction of sp³-hybridized carbons (Fsp3) is 0.250. The van der Waals surface area contributed by atoms with Crippen LogP contribution in [0.4, 0.5) is 10.2 Å². The molecular weight excluding hydrogens is 251 g/mol. The van der Waals surface area contributed by atoms with Crippen LogP contribution in [0.15, 0.2) is 22.9 Å². The van der Waals surface area contributed by atoms with Crippen molar-refractivity contribution in [1.82, 2.24) is 15.5 Å². The van der Waals surface area contributed by atoms with Gasteiger partial charge in [-0.1, -0.05) is 5.16 Å². The lowest BCUT2D eigenvalue weighted by Crippen LogP contribution is -2.24. The SMILES string of the molecule is CNc1ncc(F)cc1C(=O)NCc1cc(C)no1. The van der Waals surface area contributed by atoms with Gasteiger partial charge in [0.25, 0.3) is 5.91 Å². The van der Waals surface area contributed by atoms with Gasteiger partial charge in [0.15, 0.2) is 5.76 Å². The quantitative estimate of drug-likeness (QED) is 0.874. The first-order valence-electron chi connectivity index (χ1n) is 5.64. The maximum Gasteiger partial charge on any atom is 0.255 e. The Hall–Kier alpha value is -2.44. The zero-order chi connectivity index (χ0) is 13.8. The maximum absolute atomic E-state index is 13.1. The normalized spacial score (nSPS) is 10.3. The van der Waals surface area contributed by atoms with Gasteiger partial charge in [-0.2, -0.15) is 0 Å². The summed E-state index contributed by atoms with van der Waals surface area (Å²) in [5, 5.41) is 9.05. The van der Waals surface area contributed by atoms with Crippen LogP contribution in [0.2, 0.25) is 0 Å². The number of carbonyl (C=O) groups excluding carboxylic acids is 1. The number of hydrogen-bond acceptors (Lipinski definition) is 5. The van der Waals surface area contributed by atoms with Gasteiger partial charge in [-0.3, -0.25) is 4.79 Å². The van der Waals surface area contributed by atoms with Crippen molar-refractivity contribution in [3.05, 3.63) is 41.2 Å². The number of nitrogens with one attached hydrogen (secondary N) is 2. The Labute approximate surface area is 109 Å². The second-order valence-corrected chi connectivity index (χ2v) is 3.92. The third kappa shape index (κ3) is 3.06. The molecule has 0 atom stereocenters. The second kappa shape index (κ2) is 5.47. The fourth-order valence-corrected chi connectivity index (χ4v) is 1.57. The highest BCUT2D eigenvalue weighted by Crippen LogP contribution is 2.13. The first-order valence-corrected chi connectivity index (χ1v) is 5.64. The summed E-state index contributed by atoms with van der Waals surface area (Å²) in [5.74, 6) is -0.168. The largest absolute Gasteiger partial charge is 0.372 e. The van der Waals surface area contributed by atoms with Crippen molar-refractivity contribution in [2.45, 2.75) is 13.5 Å². The average Bonchev–Trinajstić information content (AvgIpc) is 2.81. The molecule has 0 radical (unpaired) electrons. The molecule has 1 amide bonds. The number of aromatic nitrogens is 2. The summed E-state index contributed by atoms with van der Waals surface area (Å²) in [6.45, 7) is 1.96. The highest BCUT2D eigenvalue weighted by molar-refractivity contribution is 5.98. The summed E-state index contributed by atoms with van der Waals surface area (Å²) >= 11 is 0. The molecule has 0 aliphatic heterocycles. The van der Waals surface area contributed by atoms with Gasteiger partial charge < -0.3 is 15.2 Å². The molecule has 2 heterocycles. The second-order valence-electron chi connectivity index (χ2n) is 3.92. The van der Waals surface area contributed by atoms with Crippen LogP contribution in [0, 0.1) is 12.7 Å². The van der Waals surface area contributed by atoms with Gasteiger partial charge in [0.1, 0.15) is 11.6 Å². The van der Waals surface area contributed by atoms with Crippen molar-refractivity contribution in [2.24, 2.45) is 0 Å². The van der Waals surface area contributed by atoms with Gasteiger partial charge in [-0.25, -0.2) is 9.37 Å². The number of carbonyl (C=O) groups is 1. The van der Waals surface area contributed by atoms with Crippen LogP contribution in [-0.4, -0.2) is 23.1 Å². The number of anilines is 1. The molecule has 0 bridgehead atoms. The third-order valence-corrected chi connectivity index (χ3v) is 2.44. The molecule has 0 aromatic carbocycles. The van der Waals surface area contributed by atoms with Crippen LogP contribution in [0.5, 0.6) is 0 Å². The lowest BCUT2D eigenvalue weighted by atomic mass is 10.2. The predicted octanol–water partition coefficient (Wildman–Crippen LogP) is 1.49. The lowest BCUT2D eigenvalue weighted by molar-refractivity contribution is 0.0947. The minimum Gasteiger partial charge on any atom is -0.372 e. The summed E-state index contributed by atoms with van der Waals surface area (Å²) < 4.78 is 18.1. The Kier molecular flexibility index (Phi) is 3.74. The third-order valence-electron chi connectivity index (χ3n) is 2.44. The zero-order valence-corrected chi connectivity index (χ0v) is 10.5. The van der Waals surface area contributed by atoms with Gasteiger partial charge in [0.05, 0.1) is 24.0 Å². The van der Waals surface area contributed by atoms with Crippen molar-refractivity contribution in [3.63, 3.8) is 0 Å². The molecule has 2 N–H and O–H groups in total. The van der Waals surface area contributed by atoms with Crippen LogP contribution < -0.4 is 10.6 Å². The van der Waals surface area contributed by atoms with Crippen LogP contribution in [-0.2, 0) is 6.54 Å². The van der Waals surface area contributed by atoms with Crippen molar-refractivity contribution >= 4 is 11.7 Å². The van der Waals surface area contributed by atoms with Crippen LogP contribution in [0.25, 0.3) is 0 Å². The molecule has 2 aromatic heterocycles. The Morgan fingerprint density at radius 3 is 2.89 bits per heavy atom. The van der Waals surface area contributed by atoms with E-state index in [-0.39, 0.29) is 12.1 Å². The van der Waals surface area contributed by atoms with E-state index in [0.29, 0.717) is 11.6 Å². The first kappa shape index (κ1) is 13.0. The van der Waals surface area contributed by atoms with E-state index < -0.39 is 11.7 Å². The molecule has 2 aromatic rings. The van der Waals surface area contributed by atoms with Crippen molar-refractivity contribution < 1.29 is 13.7 Å². The van der Waals surface area contributed by atoms with E-state index in [1.165, 1.54) is 0 Å². The monoisotopic (exact) mass is 264 g/mol. The number of halogens is 1. The summed E-state index contributed by atoms with van der Waals surface area (Å²) in [5.41, 5.74) is 0.867. The molecule has 2 rings (SSSR count). The standard InChI is InChI=1S/C12H13FN4O2/c1-7-3-9(19-17-7)6-16-12(18)10-4-8(13)5-15-11(10)14-2/h3-5H,6H2,1-2H3,(H,14,15)(H,16,18). The van der Waals surface area contributed by atoms with E-state index in [1.54, 1.807) is 20.0 Å². The number of rotatable bonds is 4. The molecule has 19 heavy (non-hydrogen) atoms. The summed E-state index contributed by atoms with van der Waals surface area (Å²) in [6.07, 6.45) is 1.04. The number of pyridine rings is 1. The Balaban J connectivity index is 2.09. The lowest BCUT2D eigenvalue weighted by Gasteiger charge is -2.07. The average molecular weight is 264 g/mol. The van der Waals surface area contributed by atoms with Crippen LogP contribution >= 0.6 is 0 Å². The number of hydrogen-bond donors (Lipinski definition) is 2. The summed E-state index contributed by atoms with van der Waals surface area (Å²) in [4.78, 5) is 15.7. The molecule has 0 fully saturated rings. The van der Waals surface area contributed by atoms with Crippen LogP contribution in [0.3, 0.4) is 0 Å². The molecular formula is C12H13FN4O2. The summed E-state index contributed by atoms with van der Waals surface area (Å²) in [7, 11) is 1.61. The molecule has 0 aliphatic carbocycles. The van der Waals surface area contributed by atoms with Crippen molar-refractivity contribution in [3.8, 4) is 0 Å². The Morgan fingerprint density at radius 1 is 1.47 bits per heavy atom. The first-order chi connectivity index (χ1) is 9.10. The van der Waals surface area contributed by atoms with Gasteiger partial charge >= 0.3 is 0 Å². The molecule has 0 aliphatic rings. The number of aryl methyl sites for hydroxylation is 1. The smallest absolute Gasteiger partial charge is 0.255 e. The topological polar surface area (TPSA) is 80.0 Å². The van der Waals surface area contributed by atoms with E-state index in [9.17, 15) is 9.18 Å². The van der Waals surface area contributed by atoms with Gasteiger partial charge in [-0.05, 0) is 13.0 Å². The number of amides is 1. The van der Waals surface area contributed by atoms with E-state index in [4.69, 9.17) is 4.52 Å². The van der Waals surface area contributed by atoms with Gasteiger partial charge in [0, 0.05) is 13.1 Å². The van der Waals surface area contributed by atoms with E-state index in [0.717, 1.165) is 18.0 Å². The zero-order valence-electron chi connectivity index (χ0n) is 10.5.